The number of imidazole rings is 1. The van der Waals surface area contributed by atoms with Crippen LogP contribution in [0.2, 0.25) is 0 Å². The Morgan fingerprint density at radius 3 is 2.89 bits per heavy atom. The van der Waals surface area contributed by atoms with E-state index in [1.54, 1.807) is 0 Å². The first-order chi connectivity index (χ1) is 8.87. The maximum atomic E-state index is 4.52. The van der Waals surface area contributed by atoms with Crippen LogP contribution < -0.4 is 5.32 Å². The van der Waals surface area contributed by atoms with Crippen molar-refractivity contribution in [1.82, 2.24) is 14.9 Å². The van der Waals surface area contributed by atoms with Crippen molar-refractivity contribution in [2.24, 2.45) is 17.8 Å². The van der Waals surface area contributed by atoms with E-state index in [0.717, 1.165) is 30.3 Å². The molecular weight excluding hydrogens is 222 g/mol. The van der Waals surface area contributed by atoms with E-state index < -0.39 is 0 Å². The Bertz CT molecular complexity index is 421. The summed E-state index contributed by atoms with van der Waals surface area (Å²) in [6.07, 6.45) is 13.0. The first-order valence-corrected chi connectivity index (χ1v) is 7.61. The second-order valence-electron chi connectivity index (χ2n) is 6.65. The highest BCUT2D eigenvalue weighted by Gasteiger charge is 2.39. The van der Waals surface area contributed by atoms with Crippen LogP contribution in [0.1, 0.15) is 44.2 Å². The fourth-order valence-electron chi connectivity index (χ4n) is 4.00. The largest absolute Gasteiger partial charge is 0.337 e. The van der Waals surface area contributed by atoms with E-state index in [1.807, 2.05) is 6.33 Å². The Kier molecular flexibility index (Phi) is 2.68. The van der Waals surface area contributed by atoms with Crippen LogP contribution in [0.25, 0.3) is 0 Å². The molecule has 0 radical (unpaired) electrons. The highest BCUT2D eigenvalue weighted by molar-refractivity contribution is 4.99. The van der Waals surface area contributed by atoms with Crippen molar-refractivity contribution >= 4 is 0 Å². The Morgan fingerprint density at radius 1 is 1.22 bits per heavy atom. The Labute approximate surface area is 109 Å². The monoisotopic (exact) mass is 245 g/mol. The van der Waals surface area contributed by atoms with Gasteiger partial charge in [0.1, 0.15) is 0 Å². The molecule has 0 aromatic carbocycles. The van der Waals surface area contributed by atoms with Crippen LogP contribution in [-0.2, 0) is 13.1 Å². The van der Waals surface area contributed by atoms with Crippen molar-refractivity contribution in [2.45, 2.75) is 57.7 Å². The molecule has 1 N–H and O–H groups in total. The molecule has 0 amide bonds. The molecule has 4 rings (SSSR count). The lowest BCUT2D eigenvalue weighted by Gasteiger charge is -2.21. The molecule has 3 nitrogen and oxygen atoms in total. The van der Waals surface area contributed by atoms with E-state index >= 15 is 0 Å². The summed E-state index contributed by atoms with van der Waals surface area (Å²) in [6, 6.07) is 0.778. The maximum absolute atomic E-state index is 4.52. The van der Waals surface area contributed by atoms with Crippen molar-refractivity contribution < 1.29 is 0 Å². The number of nitrogens with zero attached hydrogens (tertiary/aromatic N) is 2. The van der Waals surface area contributed by atoms with Crippen LogP contribution >= 0.6 is 0 Å². The molecule has 98 valence electrons. The van der Waals surface area contributed by atoms with Gasteiger partial charge in [-0.05, 0) is 49.9 Å². The molecule has 3 aliphatic carbocycles. The number of fused-ring (bicyclic) bond motifs is 2. The normalized spacial score (nSPS) is 34.3. The van der Waals surface area contributed by atoms with Crippen LogP contribution in [0.3, 0.4) is 0 Å². The molecule has 3 fully saturated rings. The molecule has 3 aliphatic rings. The minimum atomic E-state index is 0.778. The lowest BCUT2D eigenvalue weighted by molar-refractivity contribution is 0.295. The molecule has 18 heavy (non-hydrogen) atoms. The van der Waals surface area contributed by atoms with E-state index in [9.17, 15) is 0 Å². The fourth-order valence-corrected chi connectivity index (χ4v) is 4.00. The molecule has 0 spiro atoms. The first kappa shape index (κ1) is 11.0. The molecule has 0 saturated heterocycles. The third-order valence-corrected chi connectivity index (χ3v) is 5.17. The second-order valence-corrected chi connectivity index (χ2v) is 6.65. The van der Waals surface area contributed by atoms with Gasteiger partial charge in [0.2, 0.25) is 0 Å². The quantitative estimate of drug-likeness (QED) is 0.864. The Hall–Kier alpha value is -0.830. The molecule has 3 heteroatoms. The van der Waals surface area contributed by atoms with Crippen molar-refractivity contribution in [3.63, 3.8) is 0 Å². The average Bonchev–Trinajstić information content (AvgIpc) is 2.78. The maximum Gasteiger partial charge on any atom is 0.0950 e. The average molecular weight is 245 g/mol. The number of aromatic nitrogens is 2. The third-order valence-electron chi connectivity index (χ3n) is 5.17. The lowest BCUT2D eigenvalue weighted by atomic mass is 9.89. The van der Waals surface area contributed by atoms with Gasteiger partial charge in [0.05, 0.1) is 12.0 Å². The molecular formula is C15H23N3. The molecule has 2 bridgehead atoms. The number of rotatable bonds is 5. The molecule has 3 unspecified atom stereocenters. The van der Waals surface area contributed by atoms with Gasteiger partial charge in [0, 0.05) is 25.3 Å². The second kappa shape index (κ2) is 4.37. The SMILES string of the molecule is c1nc(CNC2CC2)cn1CC1CC2CCC1C2. The van der Waals surface area contributed by atoms with Gasteiger partial charge in [-0.3, -0.25) is 0 Å². The van der Waals surface area contributed by atoms with Gasteiger partial charge in [-0.1, -0.05) is 6.42 Å². The third kappa shape index (κ3) is 2.20. The number of nitrogens with one attached hydrogen (secondary N) is 1. The smallest absolute Gasteiger partial charge is 0.0950 e. The standard InChI is InChI=1S/C15H23N3/c1-2-12-5-11(1)6-13(12)8-18-9-15(17-10-18)7-16-14-3-4-14/h9-14,16H,1-8H2. The Morgan fingerprint density at radius 2 is 2.17 bits per heavy atom. The van der Waals surface area contributed by atoms with Crippen molar-refractivity contribution in [3.05, 3.63) is 18.2 Å². The van der Waals surface area contributed by atoms with E-state index in [-0.39, 0.29) is 0 Å². The van der Waals surface area contributed by atoms with Gasteiger partial charge < -0.3 is 9.88 Å². The highest BCUT2D eigenvalue weighted by Crippen LogP contribution is 2.48. The van der Waals surface area contributed by atoms with Gasteiger partial charge in [0.15, 0.2) is 0 Å². The van der Waals surface area contributed by atoms with Gasteiger partial charge in [0.25, 0.3) is 0 Å². The van der Waals surface area contributed by atoms with Crippen molar-refractivity contribution in [1.29, 1.82) is 0 Å². The predicted molar refractivity (Wildman–Crippen MR) is 71.0 cm³/mol. The molecule has 1 aromatic rings. The number of hydrogen-bond acceptors (Lipinski definition) is 2. The van der Waals surface area contributed by atoms with Crippen LogP contribution in [0.15, 0.2) is 12.5 Å². The van der Waals surface area contributed by atoms with Crippen LogP contribution in [0, 0.1) is 17.8 Å². The summed E-state index contributed by atoms with van der Waals surface area (Å²) < 4.78 is 2.33. The molecule has 1 aromatic heterocycles. The molecule has 3 atom stereocenters. The molecule has 0 aliphatic heterocycles. The summed E-state index contributed by atoms with van der Waals surface area (Å²) in [4.78, 5) is 4.52. The van der Waals surface area contributed by atoms with E-state index in [4.69, 9.17) is 0 Å². The summed E-state index contributed by atoms with van der Waals surface area (Å²) in [5, 5.41) is 3.53. The summed E-state index contributed by atoms with van der Waals surface area (Å²) in [6.45, 7) is 2.16. The predicted octanol–water partition coefficient (Wildman–Crippen LogP) is 2.57. The van der Waals surface area contributed by atoms with Crippen molar-refractivity contribution in [3.8, 4) is 0 Å². The zero-order chi connectivity index (χ0) is 11.9. The Balaban J connectivity index is 1.33. The number of hydrogen-bond donors (Lipinski definition) is 1. The summed E-state index contributed by atoms with van der Waals surface area (Å²) >= 11 is 0. The summed E-state index contributed by atoms with van der Waals surface area (Å²) in [5.74, 6) is 3.01. The summed E-state index contributed by atoms with van der Waals surface area (Å²) in [7, 11) is 0. The first-order valence-electron chi connectivity index (χ1n) is 7.61. The van der Waals surface area contributed by atoms with E-state index in [0.29, 0.717) is 0 Å². The van der Waals surface area contributed by atoms with Crippen LogP contribution in [0.4, 0.5) is 0 Å². The van der Waals surface area contributed by atoms with Gasteiger partial charge in [-0.2, -0.15) is 0 Å². The van der Waals surface area contributed by atoms with Gasteiger partial charge in [-0.25, -0.2) is 4.98 Å². The van der Waals surface area contributed by atoms with Crippen molar-refractivity contribution in [2.75, 3.05) is 0 Å². The fraction of sp³-hybridized carbons (Fsp3) is 0.800. The topological polar surface area (TPSA) is 29.9 Å². The molecule has 1 heterocycles. The highest BCUT2D eigenvalue weighted by atomic mass is 15.1. The molecule has 3 saturated carbocycles. The zero-order valence-electron chi connectivity index (χ0n) is 11.0. The van der Waals surface area contributed by atoms with Gasteiger partial charge >= 0.3 is 0 Å². The minimum absolute atomic E-state index is 0.778. The zero-order valence-corrected chi connectivity index (χ0v) is 11.0. The lowest BCUT2D eigenvalue weighted by Crippen LogP contribution is -2.17. The van der Waals surface area contributed by atoms with E-state index in [1.165, 1.54) is 50.8 Å². The van der Waals surface area contributed by atoms with Crippen LogP contribution in [0.5, 0.6) is 0 Å². The van der Waals surface area contributed by atoms with Crippen LogP contribution in [-0.4, -0.2) is 15.6 Å². The van der Waals surface area contributed by atoms with Gasteiger partial charge in [-0.15, -0.1) is 0 Å². The van der Waals surface area contributed by atoms with E-state index in [2.05, 4.69) is 21.1 Å². The summed E-state index contributed by atoms with van der Waals surface area (Å²) in [5.41, 5.74) is 1.21. The minimum Gasteiger partial charge on any atom is -0.337 e.